The van der Waals surface area contributed by atoms with E-state index in [9.17, 15) is 0 Å². The molecule has 0 amide bonds. The highest BCUT2D eigenvalue weighted by atomic mass is 16.7. The smallest absolute Gasteiger partial charge is 0.175 e. The highest BCUT2D eigenvalue weighted by molar-refractivity contribution is 5.71. The van der Waals surface area contributed by atoms with E-state index in [1.807, 2.05) is 26.0 Å². The quantitative estimate of drug-likeness (QED) is 0.741. The second-order valence-electron chi connectivity index (χ2n) is 5.54. The molecule has 0 aromatic heterocycles. The minimum Gasteiger partial charge on any atom is -0.351 e. The van der Waals surface area contributed by atoms with Gasteiger partial charge in [-0.25, -0.2) is 0 Å². The molecule has 0 atom stereocenters. The van der Waals surface area contributed by atoms with Crippen LogP contribution in [0.25, 0.3) is 0 Å². The van der Waals surface area contributed by atoms with Crippen molar-refractivity contribution in [1.82, 2.24) is 0 Å². The van der Waals surface area contributed by atoms with Gasteiger partial charge in [0.25, 0.3) is 0 Å². The Morgan fingerprint density at radius 2 is 1.48 bits per heavy atom. The second kappa shape index (κ2) is 7.62. The summed E-state index contributed by atoms with van der Waals surface area (Å²) in [4.78, 5) is 2.05. The average molecular weight is 313 g/mol. The Morgan fingerprint density at radius 1 is 0.957 bits per heavy atom. The zero-order chi connectivity index (χ0) is 17.8. The number of hydrogen-bond acceptors (Lipinski definition) is 3. The van der Waals surface area contributed by atoms with Gasteiger partial charge in [-0.1, -0.05) is 36.4 Å². The van der Waals surface area contributed by atoms with Gasteiger partial charge < -0.3 is 14.4 Å². The first-order valence-corrected chi connectivity index (χ1v) is 8.33. The van der Waals surface area contributed by atoms with E-state index in [4.69, 9.17) is 12.2 Å². The van der Waals surface area contributed by atoms with Crippen LogP contribution in [0.1, 0.15) is 27.7 Å². The number of para-hydroxylation sites is 2. The highest BCUT2D eigenvalue weighted by Crippen LogP contribution is 2.36. The van der Waals surface area contributed by atoms with Crippen molar-refractivity contribution < 1.29 is 12.2 Å². The van der Waals surface area contributed by atoms with Crippen LogP contribution >= 0.6 is 0 Å². The van der Waals surface area contributed by atoms with E-state index in [2.05, 4.69) is 17.0 Å². The van der Waals surface area contributed by atoms with Crippen molar-refractivity contribution in [2.75, 3.05) is 24.7 Å². The summed E-state index contributed by atoms with van der Waals surface area (Å²) in [6.45, 7) is 5.48. The van der Waals surface area contributed by atoms with Crippen LogP contribution in [0.3, 0.4) is 0 Å². The molecule has 0 N–H and O–H groups in total. The van der Waals surface area contributed by atoms with E-state index in [-0.39, 0.29) is 0 Å². The standard InChI is InChI=1S/C20H25NO2/c1-3-22-20(23-4-2)15-21-18-11-7-5-9-16(18)13-14-17-10-6-8-12-19(17)21/h5-12,20H,3-4,13-15H2,1-2H3/i11D,12D. The van der Waals surface area contributed by atoms with Crippen molar-refractivity contribution in [3.05, 3.63) is 59.6 Å². The highest BCUT2D eigenvalue weighted by Gasteiger charge is 2.23. The molecule has 0 radical (unpaired) electrons. The lowest BCUT2D eigenvalue weighted by Crippen LogP contribution is -2.33. The molecule has 3 rings (SSSR count). The van der Waals surface area contributed by atoms with Gasteiger partial charge in [-0.2, -0.15) is 0 Å². The lowest BCUT2D eigenvalue weighted by Gasteiger charge is -2.30. The number of benzene rings is 2. The zero-order valence-electron chi connectivity index (χ0n) is 15.8. The summed E-state index contributed by atoms with van der Waals surface area (Å²) in [5.41, 5.74) is 4.00. The number of nitrogens with zero attached hydrogens (tertiary/aromatic N) is 1. The largest absolute Gasteiger partial charge is 0.351 e. The fourth-order valence-electron chi connectivity index (χ4n) is 3.07. The third kappa shape index (κ3) is 3.57. The molecule has 0 aliphatic carbocycles. The summed E-state index contributed by atoms with van der Waals surface area (Å²) in [5.74, 6) is 0. The van der Waals surface area contributed by atoms with Crippen LogP contribution in [0, 0.1) is 0 Å². The Bertz CT molecular complexity index is 676. The van der Waals surface area contributed by atoms with Crippen LogP contribution in [0.2, 0.25) is 0 Å². The van der Waals surface area contributed by atoms with Gasteiger partial charge in [-0.15, -0.1) is 0 Å². The van der Waals surface area contributed by atoms with Crippen molar-refractivity contribution >= 4 is 11.4 Å². The van der Waals surface area contributed by atoms with Crippen molar-refractivity contribution in [2.24, 2.45) is 0 Å². The normalized spacial score (nSPS) is 14.8. The molecule has 23 heavy (non-hydrogen) atoms. The predicted octanol–water partition coefficient (Wildman–Crippen LogP) is 4.32. The first kappa shape index (κ1) is 13.6. The molecule has 0 spiro atoms. The maximum absolute atomic E-state index is 8.45. The average Bonchev–Trinajstić information content (AvgIpc) is 2.75. The molecule has 1 aliphatic rings. The van der Waals surface area contributed by atoms with E-state index in [1.165, 1.54) is 0 Å². The van der Waals surface area contributed by atoms with Gasteiger partial charge in [0.2, 0.25) is 0 Å². The van der Waals surface area contributed by atoms with Crippen molar-refractivity contribution in [3.8, 4) is 0 Å². The lowest BCUT2D eigenvalue weighted by atomic mass is 10.0. The molecule has 2 aromatic rings. The molecule has 0 bridgehead atoms. The predicted molar refractivity (Wildman–Crippen MR) is 94.3 cm³/mol. The Kier molecular flexibility index (Phi) is 4.50. The molecule has 1 aliphatic heterocycles. The minimum absolute atomic E-state index is 0.395. The summed E-state index contributed by atoms with van der Waals surface area (Å²) >= 11 is 0. The van der Waals surface area contributed by atoms with Gasteiger partial charge in [0.05, 0.1) is 9.29 Å². The number of anilines is 2. The van der Waals surface area contributed by atoms with Gasteiger partial charge in [0.15, 0.2) is 6.29 Å². The van der Waals surface area contributed by atoms with Crippen molar-refractivity contribution in [3.63, 3.8) is 0 Å². The Labute approximate surface area is 141 Å². The van der Waals surface area contributed by atoms with E-state index in [0.29, 0.717) is 31.8 Å². The van der Waals surface area contributed by atoms with Crippen LogP contribution in [0.5, 0.6) is 0 Å². The summed E-state index contributed by atoms with van der Waals surface area (Å²) in [7, 11) is 0. The molecular weight excluding hydrogens is 286 g/mol. The molecule has 0 unspecified atom stereocenters. The second-order valence-corrected chi connectivity index (χ2v) is 5.54. The molecule has 0 fully saturated rings. The Hall–Kier alpha value is -1.84. The van der Waals surface area contributed by atoms with Crippen LogP contribution < -0.4 is 4.90 Å². The third-order valence-corrected chi connectivity index (χ3v) is 4.08. The maximum atomic E-state index is 8.45. The van der Waals surface area contributed by atoms with Crippen molar-refractivity contribution in [1.29, 1.82) is 0 Å². The Balaban J connectivity index is 2.11. The number of aryl methyl sites for hydroxylation is 2. The first-order valence-electron chi connectivity index (χ1n) is 9.33. The molecule has 3 heteroatoms. The molecule has 0 saturated carbocycles. The van der Waals surface area contributed by atoms with E-state index in [0.717, 1.165) is 35.3 Å². The molecular formula is C20H25NO2. The molecule has 0 saturated heterocycles. The van der Waals surface area contributed by atoms with Gasteiger partial charge in [-0.05, 0) is 49.9 Å². The summed E-state index contributed by atoms with van der Waals surface area (Å²) < 4.78 is 28.4. The van der Waals surface area contributed by atoms with Crippen LogP contribution in [-0.2, 0) is 22.3 Å². The van der Waals surface area contributed by atoms with E-state index in [1.54, 1.807) is 12.1 Å². The van der Waals surface area contributed by atoms with Crippen LogP contribution in [0.4, 0.5) is 11.4 Å². The molecule has 2 aromatic carbocycles. The van der Waals surface area contributed by atoms with Crippen LogP contribution in [0.15, 0.2) is 48.5 Å². The number of ether oxygens (including phenoxy) is 2. The third-order valence-electron chi connectivity index (χ3n) is 4.08. The van der Waals surface area contributed by atoms with Gasteiger partial charge >= 0.3 is 0 Å². The lowest BCUT2D eigenvalue weighted by molar-refractivity contribution is -0.128. The zero-order valence-corrected chi connectivity index (χ0v) is 13.8. The fraction of sp³-hybridized carbons (Fsp3) is 0.400. The number of hydrogen-bond donors (Lipinski definition) is 0. The van der Waals surface area contributed by atoms with Crippen LogP contribution in [-0.4, -0.2) is 26.0 Å². The van der Waals surface area contributed by atoms with Crippen molar-refractivity contribution in [2.45, 2.75) is 33.0 Å². The fourth-order valence-corrected chi connectivity index (χ4v) is 3.07. The van der Waals surface area contributed by atoms with Gasteiger partial charge in [-0.3, -0.25) is 0 Å². The monoisotopic (exact) mass is 313 g/mol. The Morgan fingerprint density at radius 3 is 1.96 bits per heavy atom. The molecule has 1 heterocycles. The van der Waals surface area contributed by atoms with E-state index < -0.39 is 6.29 Å². The summed E-state index contributed by atoms with van der Waals surface area (Å²) in [6, 6.07) is 12.6. The van der Waals surface area contributed by atoms with Gasteiger partial charge in [0, 0.05) is 24.6 Å². The topological polar surface area (TPSA) is 21.7 Å². The molecule has 122 valence electrons. The molecule has 3 nitrogen and oxygen atoms in total. The maximum Gasteiger partial charge on any atom is 0.175 e. The number of fused-ring (bicyclic) bond motifs is 2. The summed E-state index contributed by atoms with van der Waals surface area (Å²) in [6.07, 6.45) is 1.33. The number of rotatable bonds is 6. The SMILES string of the molecule is [2H]c1cccc2c1N(CC(OCC)OCC)c1c([2H])cccc1CC2. The minimum atomic E-state index is -0.395. The first-order chi connectivity index (χ1) is 12.2. The van der Waals surface area contributed by atoms with Gasteiger partial charge in [0.1, 0.15) is 0 Å². The van der Waals surface area contributed by atoms with E-state index >= 15 is 0 Å². The summed E-state index contributed by atoms with van der Waals surface area (Å²) in [5, 5.41) is 0.